The van der Waals surface area contributed by atoms with Crippen LogP contribution in [-0.4, -0.2) is 52.4 Å². The van der Waals surface area contributed by atoms with Gasteiger partial charge in [0.2, 0.25) is 11.9 Å². The summed E-state index contributed by atoms with van der Waals surface area (Å²) < 4.78 is 7.27. The average molecular weight is 472 g/mol. The number of ether oxygens (including phenoxy) is 1. The summed E-state index contributed by atoms with van der Waals surface area (Å²) in [4.78, 5) is 23.2. The van der Waals surface area contributed by atoms with Gasteiger partial charge in [-0.1, -0.05) is 42.5 Å². The minimum atomic E-state index is -0.0606. The minimum Gasteiger partial charge on any atom is -0.497 e. The number of nitrogens with zero attached hydrogens (tertiary/aromatic N) is 5. The largest absolute Gasteiger partial charge is 0.497 e. The van der Waals surface area contributed by atoms with E-state index >= 15 is 0 Å². The van der Waals surface area contributed by atoms with Crippen LogP contribution in [-0.2, 0) is 24.3 Å². The molecule has 2 aromatic heterocycles. The van der Waals surface area contributed by atoms with Gasteiger partial charge in [0.05, 0.1) is 24.7 Å². The fourth-order valence-corrected chi connectivity index (χ4v) is 4.34. The van der Waals surface area contributed by atoms with Crippen LogP contribution in [0.5, 0.6) is 5.75 Å². The Balaban J connectivity index is 1.49. The number of amides is 1. The number of hydrogen-bond donors (Lipinski definition) is 2. The summed E-state index contributed by atoms with van der Waals surface area (Å²) in [6, 6.07) is 18.4. The molecule has 180 valence electrons. The van der Waals surface area contributed by atoms with Crippen molar-refractivity contribution in [3.05, 3.63) is 71.4 Å². The van der Waals surface area contributed by atoms with E-state index in [1.807, 2.05) is 35.0 Å². The Morgan fingerprint density at radius 2 is 1.77 bits per heavy atom. The topological polar surface area (TPSA) is 97.2 Å². The van der Waals surface area contributed by atoms with E-state index in [4.69, 9.17) is 19.8 Å². The summed E-state index contributed by atoms with van der Waals surface area (Å²) in [7, 11) is 1.67. The van der Waals surface area contributed by atoms with E-state index in [-0.39, 0.29) is 5.91 Å². The number of methoxy groups -OCH3 is 1. The highest BCUT2D eigenvalue weighted by atomic mass is 16.5. The van der Waals surface area contributed by atoms with E-state index in [2.05, 4.69) is 39.8 Å². The molecule has 5 rings (SSSR count). The molecule has 0 saturated heterocycles. The van der Waals surface area contributed by atoms with Gasteiger partial charge in [0.1, 0.15) is 11.6 Å². The van der Waals surface area contributed by atoms with Crippen molar-refractivity contribution in [3.63, 3.8) is 0 Å². The summed E-state index contributed by atoms with van der Waals surface area (Å²) in [5.41, 5.74) is 4.19. The molecule has 0 bridgehead atoms. The number of aromatic nitrogens is 4. The van der Waals surface area contributed by atoms with E-state index in [0.29, 0.717) is 25.6 Å². The fourth-order valence-electron chi connectivity index (χ4n) is 4.34. The quantitative estimate of drug-likeness (QED) is 0.362. The van der Waals surface area contributed by atoms with Crippen LogP contribution in [0.4, 0.5) is 11.8 Å². The first-order chi connectivity index (χ1) is 17.1. The molecule has 0 unspecified atom stereocenters. The highest BCUT2D eigenvalue weighted by molar-refractivity contribution is 5.92. The second-order valence-electron chi connectivity index (χ2n) is 8.59. The van der Waals surface area contributed by atoms with Crippen LogP contribution >= 0.6 is 0 Å². The molecule has 2 aromatic carbocycles. The molecule has 9 heteroatoms. The molecule has 0 saturated carbocycles. The standard InChI is InChI=1S/C26H29N7O2/c1-18(34)27-13-14-28-26-29-24-23-22(12-15-32(24)16-20-8-10-21(35-2)11-9-20)31-33(25(23)30-26)17-19-6-4-3-5-7-19/h3-11H,12-17H2,1-2H3,(H,27,34)(H,28,29,30). The number of carbonyl (C=O) groups is 1. The van der Waals surface area contributed by atoms with E-state index < -0.39 is 0 Å². The Morgan fingerprint density at radius 3 is 2.51 bits per heavy atom. The third-order valence-corrected chi connectivity index (χ3v) is 6.05. The minimum absolute atomic E-state index is 0.0606. The zero-order valence-electron chi connectivity index (χ0n) is 20.0. The SMILES string of the molecule is COc1ccc(CN2CCc3nn(Cc4ccccc4)c4nc(NCCNC(C)=O)nc2c34)cc1. The van der Waals surface area contributed by atoms with Crippen molar-refractivity contribution in [2.24, 2.45) is 0 Å². The van der Waals surface area contributed by atoms with Crippen LogP contribution in [0.15, 0.2) is 54.6 Å². The monoisotopic (exact) mass is 471 g/mol. The van der Waals surface area contributed by atoms with E-state index in [1.54, 1.807) is 7.11 Å². The van der Waals surface area contributed by atoms with Crippen LogP contribution in [0, 0.1) is 0 Å². The lowest BCUT2D eigenvalue weighted by atomic mass is 10.1. The first-order valence-electron chi connectivity index (χ1n) is 11.8. The lowest BCUT2D eigenvalue weighted by molar-refractivity contribution is -0.118. The van der Waals surface area contributed by atoms with E-state index in [9.17, 15) is 4.79 Å². The van der Waals surface area contributed by atoms with Crippen molar-refractivity contribution in [2.45, 2.75) is 26.4 Å². The van der Waals surface area contributed by atoms with Gasteiger partial charge in [0.25, 0.3) is 0 Å². The molecule has 3 heterocycles. The zero-order valence-corrected chi connectivity index (χ0v) is 20.0. The zero-order chi connectivity index (χ0) is 24.2. The van der Waals surface area contributed by atoms with Gasteiger partial charge in [-0.05, 0) is 23.3 Å². The molecule has 1 aliphatic heterocycles. The molecule has 2 N–H and O–H groups in total. The molecule has 0 aliphatic carbocycles. The number of carbonyl (C=O) groups excluding carboxylic acids is 1. The van der Waals surface area contributed by atoms with Gasteiger partial charge in [-0.15, -0.1) is 0 Å². The number of anilines is 2. The van der Waals surface area contributed by atoms with Crippen molar-refractivity contribution in [2.75, 3.05) is 37.0 Å². The summed E-state index contributed by atoms with van der Waals surface area (Å²) in [6.45, 7) is 4.72. The lowest BCUT2D eigenvalue weighted by Crippen LogP contribution is -2.30. The van der Waals surface area contributed by atoms with Crippen LogP contribution < -0.4 is 20.3 Å². The lowest BCUT2D eigenvalue weighted by Gasteiger charge is -2.28. The van der Waals surface area contributed by atoms with Gasteiger partial charge in [0.15, 0.2) is 5.65 Å². The predicted octanol–water partition coefficient (Wildman–Crippen LogP) is 2.99. The molecule has 35 heavy (non-hydrogen) atoms. The molecule has 1 amide bonds. The van der Waals surface area contributed by atoms with Crippen molar-refractivity contribution in [3.8, 4) is 5.75 Å². The summed E-state index contributed by atoms with van der Waals surface area (Å²) in [5.74, 6) is 2.19. The van der Waals surface area contributed by atoms with E-state index in [1.165, 1.54) is 12.5 Å². The third kappa shape index (κ3) is 5.03. The second kappa shape index (κ2) is 10.0. The van der Waals surface area contributed by atoms with Gasteiger partial charge >= 0.3 is 0 Å². The van der Waals surface area contributed by atoms with Crippen LogP contribution in [0.2, 0.25) is 0 Å². The van der Waals surface area contributed by atoms with Crippen LogP contribution in [0.1, 0.15) is 23.7 Å². The Labute approximate surface area is 204 Å². The fraction of sp³-hybridized carbons (Fsp3) is 0.308. The third-order valence-electron chi connectivity index (χ3n) is 6.05. The first-order valence-corrected chi connectivity index (χ1v) is 11.8. The van der Waals surface area contributed by atoms with E-state index in [0.717, 1.165) is 53.4 Å². The molecule has 0 radical (unpaired) electrons. The predicted molar refractivity (Wildman–Crippen MR) is 136 cm³/mol. The van der Waals surface area contributed by atoms with Crippen LogP contribution in [0.3, 0.4) is 0 Å². The molecule has 0 spiro atoms. The molecule has 4 aromatic rings. The molecular weight excluding hydrogens is 442 g/mol. The van der Waals surface area contributed by atoms with Gasteiger partial charge in [-0.25, -0.2) is 4.68 Å². The Hall–Kier alpha value is -4.14. The summed E-state index contributed by atoms with van der Waals surface area (Å²) >= 11 is 0. The maximum atomic E-state index is 11.2. The first kappa shape index (κ1) is 22.6. The van der Waals surface area contributed by atoms with Gasteiger partial charge < -0.3 is 20.3 Å². The number of nitrogens with one attached hydrogen (secondary N) is 2. The second-order valence-corrected chi connectivity index (χ2v) is 8.59. The molecular formula is C26H29N7O2. The number of rotatable bonds is 9. The van der Waals surface area contributed by atoms with Gasteiger partial charge in [-0.2, -0.15) is 15.1 Å². The normalized spacial score (nSPS) is 12.6. The summed E-state index contributed by atoms with van der Waals surface area (Å²) in [5, 5.41) is 12.0. The Kier molecular flexibility index (Phi) is 6.47. The van der Waals surface area contributed by atoms with Gasteiger partial charge in [-0.3, -0.25) is 4.79 Å². The molecule has 9 nitrogen and oxygen atoms in total. The maximum absolute atomic E-state index is 11.2. The molecule has 0 fully saturated rings. The number of benzene rings is 2. The van der Waals surface area contributed by atoms with Gasteiger partial charge in [0, 0.05) is 39.5 Å². The Bertz CT molecular complexity index is 1320. The Morgan fingerprint density at radius 1 is 1.00 bits per heavy atom. The van der Waals surface area contributed by atoms with Crippen LogP contribution in [0.25, 0.3) is 11.0 Å². The number of hydrogen-bond acceptors (Lipinski definition) is 7. The molecule has 0 atom stereocenters. The highest BCUT2D eigenvalue weighted by Crippen LogP contribution is 2.34. The van der Waals surface area contributed by atoms with Crippen molar-refractivity contribution in [1.82, 2.24) is 25.1 Å². The maximum Gasteiger partial charge on any atom is 0.226 e. The van der Waals surface area contributed by atoms with Crippen molar-refractivity contribution in [1.29, 1.82) is 0 Å². The average Bonchev–Trinajstić information content (AvgIpc) is 3.22. The summed E-state index contributed by atoms with van der Waals surface area (Å²) in [6.07, 6.45) is 0.833. The molecule has 1 aliphatic rings. The van der Waals surface area contributed by atoms with Crippen molar-refractivity contribution >= 4 is 28.7 Å². The highest BCUT2D eigenvalue weighted by Gasteiger charge is 2.27. The van der Waals surface area contributed by atoms with Crippen molar-refractivity contribution < 1.29 is 9.53 Å². The smallest absolute Gasteiger partial charge is 0.226 e.